The van der Waals surface area contributed by atoms with Crippen LogP contribution in [0.1, 0.15) is 60.3 Å². The molecule has 0 aromatic heterocycles. The Morgan fingerprint density at radius 3 is 2.19 bits per heavy atom. The van der Waals surface area contributed by atoms with Crippen LogP contribution in [0.15, 0.2) is 0 Å². The molecular formula is C16H31N3O2. The quantitative estimate of drug-likeness (QED) is 0.810. The van der Waals surface area contributed by atoms with Gasteiger partial charge >= 0.3 is 0 Å². The Kier molecular flexibility index (Phi) is 6.65. The van der Waals surface area contributed by atoms with Crippen molar-refractivity contribution in [2.75, 3.05) is 0 Å². The van der Waals surface area contributed by atoms with Crippen LogP contribution >= 0.6 is 0 Å². The third-order valence-corrected chi connectivity index (χ3v) is 4.36. The molecule has 0 bridgehead atoms. The van der Waals surface area contributed by atoms with Gasteiger partial charge in [0, 0.05) is 19.0 Å². The van der Waals surface area contributed by atoms with E-state index in [0.29, 0.717) is 0 Å². The first-order valence-corrected chi connectivity index (χ1v) is 8.10. The molecule has 122 valence electrons. The molecule has 5 heteroatoms. The third-order valence-electron chi connectivity index (χ3n) is 4.36. The predicted octanol–water partition coefficient (Wildman–Crippen LogP) is 1.65. The summed E-state index contributed by atoms with van der Waals surface area (Å²) in [5.41, 5.74) is 5.93. The zero-order chi connectivity index (χ0) is 16.2. The summed E-state index contributed by atoms with van der Waals surface area (Å²) in [6.45, 7) is 9.54. The summed E-state index contributed by atoms with van der Waals surface area (Å²) in [4.78, 5) is 26.1. The Hall–Kier alpha value is -1.10. The Morgan fingerprint density at radius 1 is 1.14 bits per heavy atom. The van der Waals surface area contributed by atoms with Crippen molar-refractivity contribution in [2.24, 2.45) is 11.7 Å². The Morgan fingerprint density at radius 2 is 1.71 bits per heavy atom. The van der Waals surface area contributed by atoms with Gasteiger partial charge in [0.05, 0.1) is 12.1 Å². The van der Waals surface area contributed by atoms with E-state index in [1.54, 1.807) is 6.92 Å². The zero-order valence-electron chi connectivity index (χ0n) is 14.1. The lowest BCUT2D eigenvalue weighted by atomic mass is 9.88. The van der Waals surface area contributed by atoms with Gasteiger partial charge in [-0.25, -0.2) is 0 Å². The van der Waals surface area contributed by atoms with E-state index in [9.17, 15) is 9.59 Å². The van der Waals surface area contributed by atoms with Crippen molar-refractivity contribution in [1.82, 2.24) is 10.2 Å². The van der Waals surface area contributed by atoms with E-state index >= 15 is 0 Å². The van der Waals surface area contributed by atoms with Crippen LogP contribution in [0.25, 0.3) is 0 Å². The van der Waals surface area contributed by atoms with Crippen molar-refractivity contribution < 1.29 is 9.59 Å². The summed E-state index contributed by atoms with van der Waals surface area (Å²) in [7, 11) is 0. The number of carbonyl (C=O) groups excluding carboxylic acids is 2. The molecule has 0 aromatic rings. The number of amides is 2. The monoisotopic (exact) mass is 297 g/mol. The maximum absolute atomic E-state index is 12.2. The fourth-order valence-electron chi connectivity index (χ4n) is 3.17. The predicted molar refractivity (Wildman–Crippen MR) is 84.7 cm³/mol. The molecule has 1 saturated carbocycles. The Labute approximate surface area is 128 Å². The molecule has 21 heavy (non-hydrogen) atoms. The van der Waals surface area contributed by atoms with E-state index in [2.05, 4.69) is 5.32 Å². The molecule has 3 N–H and O–H groups in total. The van der Waals surface area contributed by atoms with Gasteiger partial charge in [-0.15, -0.1) is 0 Å². The molecule has 0 aliphatic heterocycles. The van der Waals surface area contributed by atoms with Gasteiger partial charge in [-0.3, -0.25) is 9.59 Å². The molecule has 3 atom stereocenters. The van der Waals surface area contributed by atoms with E-state index in [0.717, 1.165) is 25.7 Å². The van der Waals surface area contributed by atoms with E-state index in [1.807, 2.05) is 32.6 Å². The van der Waals surface area contributed by atoms with Gasteiger partial charge in [0.2, 0.25) is 11.8 Å². The Balaban J connectivity index is 2.82. The van der Waals surface area contributed by atoms with Crippen LogP contribution in [-0.4, -0.2) is 40.9 Å². The van der Waals surface area contributed by atoms with Gasteiger partial charge in [0.15, 0.2) is 0 Å². The van der Waals surface area contributed by atoms with Crippen LogP contribution < -0.4 is 11.1 Å². The molecule has 0 radical (unpaired) electrons. The van der Waals surface area contributed by atoms with E-state index in [4.69, 9.17) is 5.73 Å². The topological polar surface area (TPSA) is 75.4 Å². The second-order valence-electron chi connectivity index (χ2n) is 6.76. The van der Waals surface area contributed by atoms with Gasteiger partial charge in [-0.05, 0) is 32.6 Å². The Bertz CT molecular complexity index is 369. The molecule has 5 nitrogen and oxygen atoms in total. The first-order chi connectivity index (χ1) is 9.75. The van der Waals surface area contributed by atoms with Crippen molar-refractivity contribution in [3.05, 3.63) is 0 Å². The minimum absolute atomic E-state index is 0.0161. The maximum atomic E-state index is 12.2. The van der Waals surface area contributed by atoms with Crippen LogP contribution in [-0.2, 0) is 9.59 Å². The second-order valence-corrected chi connectivity index (χ2v) is 6.76. The average molecular weight is 297 g/mol. The van der Waals surface area contributed by atoms with Crippen LogP contribution in [0.2, 0.25) is 0 Å². The van der Waals surface area contributed by atoms with Crippen molar-refractivity contribution in [3.8, 4) is 0 Å². The highest BCUT2D eigenvalue weighted by Gasteiger charge is 2.34. The maximum Gasteiger partial charge on any atom is 0.237 e. The molecule has 0 heterocycles. The minimum Gasteiger partial charge on any atom is -0.350 e. The van der Waals surface area contributed by atoms with E-state index in [1.165, 1.54) is 0 Å². The van der Waals surface area contributed by atoms with E-state index < -0.39 is 6.04 Å². The van der Waals surface area contributed by atoms with Crippen molar-refractivity contribution >= 4 is 11.8 Å². The summed E-state index contributed by atoms with van der Waals surface area (Å²) < 4.78 is 0. The number of rotatable bonds is 5. The fourth-order valence-corrected chi connectivity index (χ4v) is 3.17. The van der Waals surface area contributed by atoms with Gasteiger partial charge in [-0.2, -0.15) is 0 Å². The van der Waals surface area contributed by atoms with Gasteiger partial charge in [0.25, 0.3) is 0 Å². The lowest BCUT2D eigenvalue weighted by molar-refractivity contribution is -0.136. The van der Waals surface area contributed by atoms with Crippen molar-refractivity contribution in [1.29, 1.82) is 0 Å². The van der Waals surface area contributed by atoms with Gasteiger partial charge in [-0.1, -0.05) is 26.7 Å². The van der Waals surface area contributed by atoms with Crippen LogP contribution in [0.5, 0.6) is 0 Å². The van der Waals surface area contributed by atoms with Crippen LogP contribution in [0, 0.1) is 5.92 Å². The lowest BCUT2D eigenvalue weighted by Gasteiger charge is -2.42. The van der Waals surface area contributed by atoms with Crippen molar-refractivity contribution in [2.45, 2.75) is 84.5 Å². The molecule has 1 aliphatic carbocycles. The first-order valence-electron chi connectivity index (χ1n) is 8.10. The number of hydrogen-bond acceptors (Lipinski definition) is 3. The second kappa shape index (κ2) is 7.78. The highest BCUT2D eigenvalue weighted by Crippen LogP contribution is 2.25. The highest BCUT2D eigenvalue weighted by atomic mass is 16.2. The number of nitrogens with zero attached hydrogens (tertiary/aromatic N) is 1. The molecule has 1 fully saturated rings. The largest absolute Gasteiger partial charge is 0.350 e. The van der Waals surface area contributed by atoms with Gasteiger partial charge in [0.1, 0.15) is 0 Å². The summed E-state index contributed by atoms with van der Waals surface area (Å²) in [6, 6.07) is -0.247. The van der Waals surface area contributed by atoms with Crippen molar-refractivity contribution in [3.63, 3.8) is 0 Å². The molecule has 0 saturated heterocycles. The van der Waals surface area contributed by atoms with Crippen LogP contribution in [0.4, 0.5) is 0 Å². The summed E-state index contributed by atoms with van der Waals surface area (Å²) in [6.07, 6.45) is 4.04. The van der Waals surface area contributed by atoms with Gasteiger partial charge < -0.3 is 16.0 Å². The normalized spacial score (nSPS) is 24.0. The lowest BCUT2D eigenvalue weighted by Crippen LogP contribution is -2.59. The number of carbonyl (C=O) groups is 2. The third kappa shape index (κ3) is 4.70. The summed E-state index contributed by atoms with van der Waals surface area (Å²) in [5, 5.41) is 3.08. The number of nitrogens with two attached hydrogens (primary N) is 1. The standard InChI is InChI=1S/C16H31N3O2/c1-10(2)15(17)16(21)18-13-8-6-7-9-14(13)19(11(3)4)12(5)20/h10-11,13-15H,6-9,17H2,1-5H3,(H,18,21)/t13-,14-,15+/m1/s1. The molecule has 0 spiro atoms. The number of hydrogen-bond donors (Lipinski definition) is 2. The summed E-state index contributed by atoms with van der Waals surface area (Å²) >= 11 is 0. The average Bonchev–Trinajstić information content (AvgIpc) is 2.38. The number of nitrogens with one attached hydrogen (secondary N) is 1. The first kappa shape index (κ1) is 18.0. The van der Waals surface area contributed by atoms with Crippen LogP contribution in [0.3, 0.4) is 0 Å². The zero-order valence-corrected chi connectivity index (χ0v) is 14.1. The molecule has 1 aliphatic rings. The molecule has 2 amide bonds. The highest BCUT2D eigenvalue weighted by molar-refractivity contribution is 5.82. The fraction of sp³-hybridized carbons (Fsp3) is 0.875. The molecule has 1 rings (SSSR count). The minimum atomic E-state index is -0.489. The molecular weight excluding hydrogens is 266 g/mol. The summed E-state index contributed by atoms with van der Waals surface area (Å²) in [5.74, 6) is 0.0829. The SMILES string of the molecule is CC(=O)N(C(C)C)[C@@H]1CCCC[C@H]1NC(=O)[C@@H](N)C(C)C. The molecule has 0 aromatic carbocycles. The molecule has 0 unspecified atom stereocenters. The van der Waals surface area contributed by atoms with E-state index in [-0.39, 0.29) is 35.9 Å². The smallest absolute Gasteiger partial charge is 0.237 e.